The molecule has 0 N–H and O–H groups in total. The molecule has 1 rings (SSSR count). The molecule has 0 aliphatic carbocycles. The zero-order valence-corrected chi connectivity index (χ0v) is 13.1. The molecule has 0 amide bonds. The van der Waals surface area contributed by atoms with Gasteiger partial charge in [-0.25, -0.2) is 0 Å². The van der Waals surface area contributed by atoms with Crippen LogP contribution >= 0.6 is 0 Å². The summed E-state index contributed by atoms with van der Waals surface area (Å²) in [5, 5.41) is 0. The molecule has 0 unspecified atom stereocenters. The smallest absolute Gasteiger partial charge is 0.185 e. The fourth-order valence-electron chi connectivity index (χ4n) is 1.71. The summed E-state index contributed by atoms with van der Waals surface area (Å²) in [6.45, 7) is 10.5. The fourth-order valence-corrected chi connectivity index (χ4v) is 3.30. The molecule has 0 saturated heterocycles. The Morgan fingerprint density at radius 1 is 1.17 bits per heavy atom. The van der Waals surface area contributed by atoms with Gasteiger partial charge >= 0.3 is 0 Å². The lowest BCUT2D eigenvalue weighted by molar-refractivity contribution is 0.164. The highest BCUT2D eigenvalue weighted by molar-refractivity contribution is 6.69. The van der Waals surface area contributed by atoms with Gasteiger partial charge in [0, 0.05) is 5.56 Å². The second-order valence-electron chi connectivity index (χ2n) is 5.71. The first-order valence-electron chi connectivity index (χ1n) is 6.09. The third-order valence-electron chi connectivity index (χ3n) is 2.14. The summed E-state index contributed by atoms with van der Waals surface area (Å²) in [6.07, 6.45) is 0. The van der Waals surface area contributed by atoms with Gasteiger partial charge in [0.15, 0.2) is 8.32 Å². The van der Waals surface area contributed by atoms with E-state index in [1.54, 1.807) is 7.11 Å². The molecule has 0 aliphatic rings. The molecule has 2 nitrogen and oxygen atoms in total. The zero-order valence-electron chi connectivity index (χ0n) is 12.1. The van der Waals surface area contributed by atoms with Gasteiger partial charge < -0.3 is 9.16 Å². The topological polar surface area (TPSA) is 18.5 Å². The minimum absolute atomic E-state index is 0.409. The van der Waals surface area contributed by atoms with Crippen molar-refractivity contribution >= 4 is 8.32 Å². The van der Waals surface area contributed by atoms with Gasteiger partial charge in [0.2, 0.25) is 0 Å². The van der Waals surface area contributed by atoms with Crippen molar-refractivity contribution in [3.05, 3.63) is 29.8 Å². The first-order chi connectivity index (χ1) is 8.22. The Hall–Kier alpha value is -1.24. The predicted octanol–water partition coefficient (Wildman–Crippen LogP) is 3.68. The minimum Gasteiger partial charge on any atom is -0.497 e. The Kier molecular flexibility index (Phi) is 4.61. The van der Waals surface area contributed by atoms with E-state index >= 15 is 0 Å². The van der Waals surface area contributed by atoms with E-state index in [9.17, 15) is 0 Å². The summed E-state index contributed by atoms with van der Waals surface area (Å²) < 4.78 is 11.2. The first-order valence-corrected chi connectivity index (χ1v) is 9.50. The average molecular weight is 262 g/mol. The maximum Gasteiger partial charge on any atom is 0.185 e. The van der Waals surface area contributed by atoms with E-state index in [2.05, 4.69) is 31.5 Å². The van der Waals surface area contributed by atoms with Gasteiger partial charge in [0.1, 0.15) is 11.4 Å². The number of hydrogen-bond acceptors (Lipinski definition) is 2. The van der Waals surface area contributed by atoms with E-state index in [4.69, 9.17) is 9.16 Å². The van der Waals surface area contributed by atoms with Crippen LogP contribution in [0.1, 0.15) is 19.4 Å². The first kappa shape index (κ1) is 14.8. The van der Waals surface area contributed by atoms with E-state index in [1.807, 2.05) is 38.1 Å². The molecule has 18 heavy (non-hydrogen) atoms. The molecule has 0 aromatic heterocycles. The van der Waals surface area contributed by atoms with Crippen molar-refractivity contribution in [1.82, 2.24) is 0 Å². The van der Waals surface area contributed by atoms with Crippen molar-refractivity contribution in [2.75, 3.05) is 7.11 Å². The summed E-state index contributed by atoms with van der Waals surface area (Å²) in [7, 11) is 0.0817. The van der Waals surface area contributed by atoms with E-state index in [0.29, 0.717) is 0 Å². The number of hydrogen-bond donors (Lipinski definition) is 0. The molecule has 0 heterocycles. The molecule has 1 aromatic carbocycles. The lowest BCUT2D eigenvalue weighted by Crippen LogP contribution is -2.37. The number of ether oxygens (including phenoxy) is 1. The van der Waals surface area contributed by atoms with Gasteiger partial charge in [-0.3, -0.25) is 0 Å². The third-order valence-corrected chi connectivity index (χ3v) is 3.26. The van der Waals surface area contributed by atoms with Crippen LogP contribution in [0.5, 0.6) is 5.75 Å². The molecule has 0 bridgehead atoms. The van der Waals surface area contributed by atoms with Gasteiger partial charge in [0.25, 0.3) is 0 Å². The van der Waals surface area contributed by atoms with Crippen LogP contribution in [0, 0.1) is 11.8 Å². The zero-order chi connectivity index (χ0) is 13.8. The van der Waals surface area contributed by atoms with E-state index < -0.39 is 13.9 Å². The fraction of sp³-hybridized carbons (Fsp3) is 0.467. The maximum atomic E-state index is 6.04. The largest absolute Gasteiger partial charge is 0.497 e. The molecule has 1 aromatic rings. The Morgan fingerprint density at radius 3 is 2.39 bits per heavy atom. The highest BCUT2D eigenvalue weighted by Crippen LogP contribution is 2.17. The Morgan fingerprint density at radius 2 is 1.83 bits per heavy atom. The monoisotopic (exact) mass is 262 g/mol. The highest BCUT2D eigenvalue weighted by Gasteiger charge is 2.25. The number of benzene rings is 1. The molecule has 98 valence electrons. The van der Waals surface area contributed by atoms with Crippen LogP contribution in [0.4, 0.5) is 0 Å². The van der Waals surface area contributed by atoms with E-state index in [-0.39, 0.29) is 0 Å². The number of methoxy groups -OCH3 is 1. The van der Waals surface area contributed by atoms with Crippen LogP contribution in [0.25, 0.3) is 0 Å². The normalized spacial score (nSPS) is 11.7. The standard InChI is InChI=1S/C15H22O2Si/c1-15(2,17-18(4,5)6)11-10-13-8-7-9-14(12-13)16-3/h7-9,12H,1-6H3. The third kappa shape index (κ3) is 5.39. The summed E-state index contributed by atoms with van der Waals surface area (Å²) >= 11 is 0. The van der Waals surface area contributed by atoms with Crippen LogP contribution in [0.15, 0.2) is 24.3 Å². The molecule has 0 atom stereocenters. The molecule has 0 saturated carbocycles. The van der Waals surface area contributed by atoms with Gasteiger partial charge in [-0.1, -0.05) is 17.9 Å². The lowest BCUT2D eigenvalue weighted by atomic mass is 10.1. The van der Waals surface area contributed by atoms with Crippen LogP contribution in [0.3, 0.4) is 0 Å². The van der Waals surface area contributed by atoms with Crippen molar-refractivity contribution in [2.45, 2.75) is 39.1 Å². The second kappa shape index (κ2) is 5.60. The summed E-state index contributed by atoms with van der Waals surface area (Å²) in [5.74, 6) is 7.16. The van der Waals surface area contributed by atoms with Crippen molar-refractivity contribution in [3.63, 3.8) is 0 Å². The molecule has 0 fully saturated rings. The van der Waals surface area contributed by atoms with Crippen LogP contribution < -0.4 is 4.74 Å². The average Bonchev–Trinajstić information content (AvgIpc) is 2.24. The number of rotatable bonds is 3. The van der Waals surface area contributed by atoms with Crippen molar-refractivity contribution < 1.29 is 9.16 Å². The molecular formula is C15H22O2Si. The second-order valence-corrected chi connectivity index (χ2v) is 10.1. The Labute approximate surface area is 111 Å². The highest BCUT2D eigenvalue weighted by atomic mass is 28.4. The van der Waals surface area contributed by atoms with E-state index in [1.165, 1.54) is 0 Å². The van der Waals surface area contributed by atoms with Crippen molar-refractivity contribution in [1.29, 1.82) is 0 Å². The van der Waals surface area contributed by atoms with Crippen molar-refractivity contribution in [3.8, 4) is 17.6 Å². The molecule has 0 aliphatic heterocycles. The Balaban J connectivity index is 2.86. The summed E-state index contributed by atoms with van der Waals surface area (Å²) in [4.78, 5) is 0. The van der Waals surface area contributed by atoms with Gasteiger partial charge in [-0.15, -0.1) is 0 Å². The van der Waals surface area contributed by atoms with E-state index in [0.717, 1.165) is 11.3 Å². The van der Waals surface area contributed by atoms with Crippen LogP contribution in [-0.4, -0.2) is 21.0 Å². The van der Waals surface area contributed by atoms with Crippen LogP contribution in [-0.2, 0) is 4.43 Å². The van der Waals surface area contributed by atoms with Gasteiger partial charge in [0.05, 0.1) is 7.11 Å². The van der Waals surface area contributed by atoms with Gasteiger partial charge in [-0.2, -0.15) is 0 Å². The SMILES string of the molecule is COc1cccc(C#CC(C)(C)O[Si](C)(C)C)c1. The van der Waals surface area contributed by atoms with Crippen molar-refractivity contribution in [2.24, 2.45) is 0 Å². The summed E-state index contributed by atoms with van der Waals surface area (Å²) in [5.41, 5.74) is 0.537. The molecule has 3 heteroatoms. The summed E-state index contributed by atoms with van der Waals surface area (Å²) in [6, 6.07) is 7.75. The maximum absolute atomic E-state index is 6.04. The molecular weight excluding hydrogens is 240 g/mol. The Bertz CT molecular complexity index is 461. The van der Waals surface area contributed by atoms with Gasteiger partial charge in [-0.05, 0) is 51.7 Å². The lowest BCUT2D eigenvalue weighted by Gasteiger charge is -2.28. The quantitative estimate of drug-likeness (QED) is 0.611. The van der Waals surface area contributed by atoms with Crippen LogP contribution in [0.2, 0.25) is 19.6 Å². The molecule has 0 spiro atoms. The molecule has 0 radical (unpaired) electrons. The predicted molar refractivity (Wildman–Crippen MR) is 78.4 cm³/mol. The minimum atomic E-state index is -1.58.